The average molecular weight is 438 g/mol. The Morgan fingerprint density at radius 2 is 1.79 bits per heavy atom. The van der Waals surface area contributed by atoms with E-state index in [1.165, 1.54) is 0 Å². The Kier molecular flexibility index (Phi) is 5.05. The van der Waals surface area contributed by atoms with Crippen LogP contribution in [0.3, 0.4) is 0 Å². The lowest BCUT2D eigenvalue weighted by Gasteiger charge is -2.42. The molecule has 0 aliphatic heterocycles. The first-order valence-corrected chi connectivity index (χ1v) is 10.8. The normalized spacial score (nSPS) is 14.4. The highest BCUT2D eigenvalue weighted by Crippen LogP contribution is 2.42. The largest absolute Gasteiger partial charge is 0.465 e. The predicted molar refractivity (Wildman–Crippen MR) is 128 cm³/mol. The van der Waals surface area contributed by atoms with Crippen molar-refractivity contribution in [3.63, 3.8) is 0 Å². The molecular weight excluding hydrogens is 416 g/mol. The maximum atomic E-state index is 13.7. The summed E-state index contributed by atoms with van der Waals surface area (Å²) in [6, 6.07) is 18.6. The lowest BCUT2D eigenvalue weighted by atomic mass is 9.71. The molecule has 1 saturated carbocycles. The Balaban J connectivity index is 1.71. The zero-order valence-corrected chi connectivity index (χ0v) is 17.9. The Morgan fingerprint density at radius 3 is 2.39 bits per heavy atom. The molecule has 164 valence electrons. The highest BCUT2D eigenvalue weighted by Gasteiger charge is 2.40. The zero-order chi connectivity index (χ0) is 23.0. The van der Waals surface area contributed by atoms with E-state index in [-0.39, 0.29) is 5.43 Å². The number of nitrogens with one attached hydrogen (secondary N) is 1. The molecular formula is C27H22N2O4. The van der Waals surface area contributed by atoms with Crippen molar-refractivity contribution in [2.45, 2.75) is 24.8 Å². The van der Waals surface area contributed by atoms with Crippen LogP contribution in [0, 0.1) is 0 Å². The summed E-state index contributed by atoms with van der Waals surface area (Å²) in [6.45, 7) is 3.79. The summed E-state index contributed by atoms with van der Waals surface area (Å²) in [7, 11) is 0. The molecule has 0 bridgehead atoms. The summed E-state index contributed by atoms with van der Waals surface area (Å²) in [5.74, 6) is 0.457. The van der Waals surface area contributed by atoms with Crippen LogP contribution in [0.2, 0.25) is 0 Å². The van der Waals surface area contributed by atoms with Gasteiger partial charge in [-0.25, -0.2) is 4.79 Å². The molecule has 5 rings (SSSR count). The van der Waals surface area contributed by atoms with E-state index in [1.807, 2.05) is 54.6 Å². The summed E-state index contributed by atoms with van der Waals surface area (Å²) < 4.78 is 6.29. The molecule has 33 heavy (non-hydrogen) atoms. The van der Waals surface area contributed by atoms with Crippen LogP contribution in [-0.2, 0) is 5.54 Å². The molecule has 1 aliphatic rings. The van der Waals surface area contributed by atoms with Crippen LogP contribution in [0.25, 0.3) is 39.5 Å². The van der Waals surface area contributed by atoms with Gasteiger partial charge in [0.1, 0.15) is 11.5 Å². The van der Waals surface area contributed by atoms with E-state index in [1.54, 1.807) is 18.3 Å². The van der Waals surface area contributed by atoms with Crippen molar-refractivity contribution in [1.29, 1.82) is 0 Å². The van der Waals surface area contributed by atoms with E-state index in [4.69, 9.17) is 4.42 Å². The average Bonchev–Trinajstić information content (AvgIpc) is 2.81. The fourth-order valence-electron chi connectivity index (χ4n) is 4.52. The number of hydrogen-bond acceptors (Lipinski definition) is 4. The Morgan fingerprint density at radius 1 is 1.06 bits per heavy atom. The lowest BCUT2D eigenvalue weighted by molar-refractivity contribution is 0.144. The van der Waals surface area contributed by atoms with Crippen molar-refractivity contribution >= 4 is 23.1 Å². The van der Waals surface area contributed by atoms with Crippen molar-refractivity contribution in [2.75, 3.05) is 0 Å². The van der Waals surface area contributed by atoms with Gasteiger partial charge < -0.3 is 14.8 Å². The third kappa shape index (κ3) is 3.49. The number of carbonyl (C=O) groups is 1. The third-order valence-electron chi connectivity index (χ3n) is 6.34. The maximum Gasteiger partial charge on any atom is 0.405 e. The quantitative estimate of drug-likeness (QED) is 0.410. The second-order valence-electron chi connectivity index (χ2n) is 8.22. The molecule has 0 radical (unpaired) electrons. The molecule has 2 aromatic heterocycles. The fraction of sp³-hybridized carbons (Fsp3) is 0.148. The van der Waals surface area contributed by atoms with Crippen molar-refractivity contribution in [1.82, 2.24) is 10.3 Å². The van der Waals surface area contributed by atoms with Gasteiger partial charge in [-0.2, -0.15) is 0 Å². The summed E-state index contributed by atoms with van der Waals surface area (Å²) in [5.41, 5.74) is 3.01. The van der Waals surface area contributed by atoms with Gasteiger partial charge in [-0.1, -0.05) is 61.2 Å². The number of hydrogen-bond donors (Lipinski definition) is 2. The summed E-state index contributed by atoms with van der Waals surface area (Å²) in [6.07, 6.45) is 4.58. The first kappa shape index (κ1) is 20.7. The number of aromatic nitrogens is 1. The minimum atomic E-state index is -1.04. The number of rotatable bonds is 5. The molecule has 2 N–H and O–H groups in total. The Hall–Kier alpha value is -4.19. The Bertz CT molecular complexity index is 1420. The highest BCUT2D eigenvalue weighted by molar-refractivity contribution is 5.91. The zero-order valence-electron chi connectivity index (χ0n) is 17.9. The van der Waals surface area contributed by atoms with Gasteiger partial charge in [-0.15, -0.1) is 0 Å². The van der Waals surface area contributed by atoms with E-state index in [9.17, 15) is 14.7 Å². The standard InChI is InChI=1S/C27H22N2O4/c1-2-21-25-20(13-16-28-21)23(30)22(24(33-25)18-7-4-3-5-8-18)17-9-11-19(12-10-17)27(14-6-15-27)29-26(31)32/h2-5,7-13,16,29H,1,6,14-15H2,(H,31,32). The highest BCUT2D eigenvalue weighted by atomic mass is 16.4. The molecule has 0 spiro atoms. The number of pyridine rings is 1. The van der Waals surface area contributed by atoms with Gasteiger partial charge in [-0.3, -0.25) is 9.78 Å². The van der Waals surface area contributed by atoms with E-state index in [0.29, 0.717) is 33.6 Å². The molecule has 2 heterocycles. The first-order valence-electron chi connectivity index (χ1n) is 10.8. The van der Waals surface area contributed by atoms with Crippen LogP contribution in [0.4, 0.5) is 4.79 Å². The van der Waals surface area contributed by atoms with Gasteiger partial charge in [0.05, 0.1) is 16.5 Å². The molecule has 6 heteroatoms. The minimum Gasteiger partial charge on any atom is -0.465 e. The molecule has 4 aromatic rings. The summed E-state index contributed by atoms with van der Waals surface area (Å²) in [4.78, 5) is 29.3. The molecule has 0 unspecified atom stereocenters. The van der Waals surface area contributed by atoms with Crippen LogP contribution in [0.1, 0.15) is 30.5 Å². The molecule has 0 saturated heterocycles. The number of amides is 1. The van der Waals surface area contributed by atoms with Crippen molar-refractivity contribution in [3.05, 3.63) is 94.9 Å². The van der Waals surface area contributed by atoms with Gasteiger partial charge in [0.2, 0.25) is 5.43 Å². The van der Waals surface area contributed by atoms with Crippen LogP contribution >= 0.6 is 0 Å². The molecule has 1 aliphatic carbocycles. The van der Waals surface area contributed by atoms with Gasteiger partial charge in [-0.05, 0) is 42.5 Å². The van der Waals surface area contributed by atoms with Crippen molar-refractivity contribution in [3.8, 4) is 22.5 Å². The van der Waals surface area contributed by atoms with Gasteiger partial charge in [0.25, 0.3) is 0 Å². The fourth-order valence-corrected chi connectivity index (χ4v) is 4.52. The lowest BCUT2D eigenvalue weighted by Crippen LogP contribution is -2.50. The van der Waals surface area contributed by atoms with Crippen LogP contribution in [0.15, 0.2) is 82.7 Å². The second-order valence-corrected chi connectivity index (χ2v) is 8.22. The van der Waals surface area contributed by atoms with Gasteiger partial charge in [0, 0.05) is 11.8 Å². The third-order valence-corrected chi connectivity index (χ3v) is 6.34. The maximum absolute atomic E-state index is 13.7. The smallest absolute Gasteiger partial charge is 0.405 e. The van der Waals surface area contributed by atoms with Crippen LogP contribution < -0.4 is 10.7 Å². The molecule has 0 atom stereocenters. The monoisotopic (exact) mass is 438 g/mol. The number of carboxylic acid groups (broad SMARTS) is 1. The number of benzene rings is 2. The van der Waals surface area contributed by atoms with Crippen LogP contribution in [0.5, 0.6) is 0 Å². The summed E-state index contributed by atoms with van der Waals surface area (Å²) in [5, 5.41) is 12.4. The first-order chi connectivity index (χ1) is 16.0. The Labute approximate surface area is 190 Å². The molecule has 1 fully saturated rings. The van der Waals surface area contributed by atoms with E-state index in [2.05, 4.69) is 16.9 Å². The number of fused-ring (bicyclic) bond motifs is 1. The SMILES string of the molecule is C=Cc1nccc2c(=O)c(-c3ccc(C4(NC(=O)O)CCC4)cc3)c(-c3ccccc3)oc12. The molecule has 1 amide bonds. The minimum absolute atomic E-state index is 0.157. The topological polar surface area (TPSA) is 92.4 Å². The van der Waals surface area contributed by atoms with E-state index < -0.39 is 11.6 Å². The van der Waals surface area contributed by atoms with Crippen LogP contribution in [-0.4, -0.2) is 16.2 Å². The predicted octanol–water partition coefficient (Wildman–Crippen LogP) is 5.81. The molecule has 2 aromatic carbocycles. The summed E-state index contributed by atoms with van der Waals surface area (Å²) >= 11 is 0. The van der Waals surface area contributed by atoms with Gasteiger partial charge >= 0.3 is 6.09 Å². The van der Waals surface area contributed by atoms with Crippen molar-refractivity contribution in [2.24, 2.45) is 0 Å². The van der Waals surface area contributed by atoms with E-state index in [0.717, 1.165) is 30.4 Å². The van der Waals surface area contributed by atoms with Crippen molar-refractivity contribution < 1.29 is 14.3 Å². The van der Waals surface area contributed by atoms with E-state index >= 15 is 0 Å². The number of nitrogens with zero attached hydrogens (tertiary/aromatic N) is 1. The van der Waals surface area contributed by atoms with Gasteiger partial charge in [0.15, 0.2) is 5.58 Å². The second kappa shape index (κ2) is 8.06. The molecule has 6 nitrogen and oxygen atoms in total.